The molecule has 0 saturated heterocycles. The summed E-state index contributed by atoms with van der Waals surface area (Å²) in [5.74, 6) is 1.77. The van der Waals surface area contributed by atoms with Crippen molar-refractivity contribution in [2.75, 3.05) is 0 Å². The van der Waals surface area contributed by atoms with Crippen LogP contribution in [0.1, 0.15) is 90.7 Å². The Morgan fingerprint density at radius 2 is 1.59 bits per heavy atom. The molecule has 0 saturated carbocycles. The third-order valence-corrected chi connectivity index (χ3v) is 11.5. The van der Waals surface area contributed by atoms with E-state index in [1.54, 1.807) is 0 Å². The van der Waals surface area contributed by atoms with Gasteiger partial charge in [0.05, 0.1) is 0 Å². The molecule has 0 radical (unpaired) electrons. The van der Waals surface area contributed by atoms with E-state index in [9.17, 15) is 0 Å². The third kappa shape index (κ3) is 4.11. The lowest BCUT2D eigenvalue weighted by molar-refractivity contribution is 0.382. The van der Waals surface area contributed by atoms with Crippen molar-refractivity contribution in [1.29, 1.82) is 0 Å². The molecule has 3 nitrogen and oxygen atoms in total. The number of amidine groups is 1. The summed E-state index contributed by atoms with van der Waals surface area (Å²) in [5, 5.41) is 7.79. The van der Waals surface area contributed by atoms with Crippen LogP contribution in [0, 0.1) is 5.92 Å². The number of aryl methyl sites for hydroxylation is 1. The molecule has 4 aliphatic carbocycles. The number of fused-ring (bicyclic) bond motifs is 7. The second-order valence-electron chi connectivity index (χ2n) is 14.8. The highest BCUT2D eigenvalue weighted by Crippen LogP contribution is 2.54. The van der Waals surface area contributed by atoms with Gasteiger partial charge in [-0.25, -0.2) is 4.99 Å². The van der Waals surface area contributed by atoms with E-state index in [4.69, 9.17) is 4.99 Å². The number of hydrogen-bond acceptors (Lipinski definition) is 3. The Bertz CT molecular complexity index is 2040. The van der Waals surface area contributed by atoms with Gasteiger partial charge in [0, 0.05) is 16.9 Å². The van der Waals surface area contributed by atoms with Crippen LogP contribution in [0.4, 0.5) is 0 Å². The van der Waals surface area contributed by atoms with E-state index in [-0.39, 0.29) is 23.2 Å². The largest absolute Gasteiger partial charge is 0.350 e. The van der Waals surface area contributed by atoms with Crippen molar-refractivity contribution in [3.8, 4) is 11.1 Å². The maximum absolute atomic E-state index is 5.39. The van der Waals surface area contributed by atoms with E-state index in [0.717, 1.165) is 24.2 Å². The van der Waals surface area contributed by atoms with Gasteiger partial charge in [0.1, 0.15) is 18.2 Å². The quantitative estimate of drug-likeness (QED) is 0.246. The first-order valence-electron chi connectivity index (χ1n) is 16.9. The fourth-order valence-electron chi connectivity index (χ4n) is 8.92. The molecule has 0 amide bonds. The van der Waals surface area contributed by atoms with E-state index >= 15 is 0 Å². The minimum atomic E-state index is -0.182. The molecule has 0 bridgehead atoms. The Morgan fingerprint density at radius 3 is 2.48 bits per heavy atom. The molecular formula is C43H41N3. The third-order valence-electron chi connectivity index (χ3n) is 11.5. The molecule has 0 aromatic heterocycles. The standard InChI is InChI=1S/C43H41N3/c1-42(2)35-15-9-7-13-31(35)33-21-19-29(24-37(33)42)40-44-39(28-18-17-26-11-5-6-12-27(26)23-28)45-41(46-40)30-20-22-34-32-14-8-10-16-36(32)43(3,4)38(34)25-30/h6-10,12-25,33,37,40-41,46H,5,11H2,1-4H3,(H,44,45). The molecule has 1 aliphatic heterocycles. The van der Waals surface area contributed by atoms with Crippen molar-refractivity contribution in [1.82, 2.24) is 10.6 Å². The molecule has 9 rings (SSSR count). The predicted octanol–water partition coefficient (Wildman–Crippen LogP) is 9.10. The van der Waals surface area contributed by atoms with Gasteiger partial charge in [-0.1, -0.05) is 137 Å². The minimum absolute atomic E-state index is 0.0572. The van der Waals surface area contributed by atoms with Crippen molar-refractivity contribution < 1.29 is 0 Å². The average molecular weight is 600 g/mol. The van der Waals surface area contributed by atoms with Gasteiger partial charge in [-0.2, -0.15) is 0 Å². The van der Waals surface area contributed by atoms with E-state index in [2.05, 4.69) is 154 Å². The van der Waals surface area contributed by atoms with Crippen LogP contribution in [0.15, 0.2) is 120 Å². The fraction of sp³-hybridized carbons (Fsp3) is 0.279. The highest BCUT2D eigenvalue weighted by atomic mass is 15.3. The second kappa shape index (κ2) is 10.0. The van der Waals surface area contributed by atoms with Crippen molar-refractivity contribution in [2.45, 2.75) is 69.6 Å². The summed E-state index contributed by atoms with van der Waals surface area (Å²) in [5.41, 5.74) is 14.8. The van der Waals surface area contributed by atoms with Crippen LogP contribution in [0.3, 0.4) is 0 Å². The zero-order chi connectivity index (χ0) is 31.2. The molecule has 4 unspecified atom stereocenters. The highest BCUT2D eigenvalue weighted by Gasteiger charge is 2.45. The molecule has 0 spiro atoms. The zero-order valence-electron chi connectivity index (χ0n) is 27.1. The molecule has 5 aliphatic rings. The van der Waals surface area contributed by atoms with Crippen molar-refractivity contribution in [3.05, 3.63) is 159 Å². The Balaban J connectivity index is 1.12. The van der Waals surface area contributed by atoms with Crippen LogP contribution in [0.5, 0.6) is 0 Å². The first-order chi connectivity index (χ1) is 22.3. The monoisotopic (exact) mass is 599 g/mol. The van der Waals surface area contributed by atoms with Crippen molar-refractivity contribution >= 4 is 11.9 Å². The molecule has 0 fully saturated rings. The molecular weight excluding hydrogens is 558 g/mol. The summed E-state index contributed by atoms with van der Waals surface area (Å²) in [6, 6.07) is 31.8. The van der Waals surface area contributed by atoms with Crippen LogP contribution < -0.4 is 10.6 Å². The lowest BCUT2D eigenvalue weighted by Crippen LogP contribution is -2.52. The van der Waals surface area contributed by atoms with Crippen LogP contribution in [0.2, 0.25) is 0 Å². The van der Waals surface area contributed by atoms with Crippen LogP contribution in [-0.4, -0.2) is 12.0 Å². The van der Waals surface area contributed by atoms with Crippen LogP contribution >= 0.6 is 0 Å². The van der Waals surface area contributed by atoms with Gasteiger partial charge in [0.25, 0.3) is 0 Å². The molecule has 1 heterocycles. The molecule has 46 heavy (non-hydrogen) atoms. The van der Waals surface area contributed by atoms with Crippen LogP contribution in [-0.2, 0) is 17.3 Å². The van der Waals surface area contributed by atoms with Crippen LogP contribution in [0.25, 0.3) is 17.2 Å². The molecule has 3 heteroatoms. The normalized spacial score (nSPS) is 25.7. The van der Waals surface area contributed by atoms with Gasteiger partial charge in [0.15, 0.2) is 0 Å². The molecule has 4 atom stereocenters. The number of rotatable bonds is 3. The summed E-state index contributed by atoms with van der Waals surface area (Å²) in [4.78, 5) is 5.39. The van der Waals surface area contributed by atoms with E-state index in [0.29, 0.717) is 11.8 Å². The molecule has 4 aromatic carbocycles. The Kier molecular flexibility index (Phi) is 6.05. The van der Waals surface area contributed by atoms with Gasteiger partial charge >= 0.3 is 0 Å². The first-order valence-corrected chi connectivity index (χ1v) is 16.9. The number of nitrogens with one attached hydrogen (secondary N) is 2. The lowest BCUT2D eigenvalue weighted by Gasteiger charge is -2.36. The minimum Gasteiger partial charge on any atom is -0.350 e. The summed E-state index contributed by atoms with van der Waals surface area (Å²) in [7, 11) is 0. The van der Waals surface area contributed by atoms with E-state index < -0.39 is 0 Å². The number of benzene rings is 4. The predicted molar refractivity (Wildman–Crippen MR) is 190 cm³/mol. The Labute approximate surface area is 272 Å². The number of allylic oxidation sites excluding steroid dienone is 3. The summed E-state index contributed by atoms with van der Waals surface area (Å²) in [6.45, 7) is 9.52. The number of hydrogen-bond donors (Lipinski definition) is 2. The lowest BCUT2D eigenvalue weighted by atomic mass is 9.73. The fourth-order valence-corrected chi connectivity index (χ4v) is 8.92. The van der Waals surface area contributed by atoms with Crippen molar-refractivity contribution in [3.63, 3.8) is 0 Å². The molecule has 2 N–H and O–H groups in total. The number of aliphatic imine (C=N–C) groups is 1. The van der Waals surface area contributed by atoms with Gasteiger partial charge in [-0.3, -0.25) is 5.32 Å². The van der Waals surface area contributed by atoms with Gasteiger partial charge in [0.2, 0.25) is 0 Å². The second-order valence-corrected chi connectivity index (χ2v) is 14.8. The zero-order valence-corrected chi connectivity index (χ0v) is 27.1. The average Bonchev–Trinajstić information content (AvgIpc) is 3.47. The first kappa shape index (κ1) is 27.8. The Hall–Kier alpha value is -4.47. The van der Waals surface area contributed by atoms with Gasteiger partial charge in [-0.05, 0) is 85.9 Å². The molecule has 228 valence electrons. The summed E-state index contributed by atoms with van der Waals surface area (Å²) >= 11 is 0. The van der Waals surface area contributed by atoms with E-state index in [1.807, 2.05) is 0 Å². The summed E-state index contributed by atoms with van der Waals surface area (Å²) in [6.07, 6.45) is 13.8. The maximum Gasteiger partial charge on any atom is 0.131 e. The van der Waals surface area contributed by atoms with Gasteiger partial charge < -0.3 is 5.32 Å². The summed E-state index contributed by atoms with van der Waals surface area (Å²) < 4.78 is 0. The van der Waals surface area contributed by atoms with Gasteiger partial charge in [-0.15, -0.1) is 0 Å². The topological polar surface area (TPSA) is 36.4 Å². The SMILES string of the molecule is CC1(C)c2ccccc2-c2ccc(C3N=C(c4ccc5c(c4)C=CCC5)NC(C4=CC5C(C=C4)c4ccccc4C5(C)C)N3)cc21. The number of nitrogens with zero attached hydrogens (tertiary/aromatic N) is 1. The van der Waals surface area contributed by atoms with Crippen molar-refractivity contribution in [2.24, 2.45) is 10.9 Å². The highest BCUT2D eigenvalue weighted by molar-refractivity contribution is 6.00. The van der Waals surface area contributed by atoms with E-state index in [1.165, 1.54) is 55.6 Å². The molecule has 4 aromatic rings. The smallest absolute Gasteiger partial charge is 0.131 e. The maximum atomic E-state index is 5.39. The Morgan fingerprint density at radius 1 is 0.783 bits per heavy atom.